The number of aromatic nitrogens is 3. The summed E-state index contributed by atoms with van der Waals surface area (Å²) in [7, 11) is 1.88. The van der Waals surface area contributed by atoms with Crippen molar-refractivity contribution in [1.82, 2.24) is 24.6 Å². The third-order valence-electron chi connectivity index (χ3n) is 5.33. The van der Waals surface area contributed by atoms with Gasteiger partial charge in [0.15, 0.2) is 0 Å². The molecule has 152 valence electrons. The molecule has 1 aliphatic heterocycles. The van der Waals surface area contributed by atoms with Crippen molar-refractivity contribution in [2.75, 3.05) is 32.7 Å². The Morgan fingerprint density at radius 3 is 2.79 bits per heavy atom. The summed E-state index contributed by atoms with van der Waals surface area (Å²) < 4.78 is 1.75. The molecule has 29 heavy (non-hydrogen) atoms. The van der Waals surface area contributed by atoms with Gasteiger partial charge in [-0.05, 0) is 37.9 Å². The van der Waals surface area contributed by atoms with Crippen LogP contribution in [0.1, 0.15) is 28.9 Å². The lowest BCUT2D eigenvalue weighted by Crippen LogP contribution is -2.35. The molecule has 0 N–H and O–H groups in total. The molecule has 0 bridgehead atoms. The van der Waals surface area contributed by atoms with Crippen molar-refractivity contribution in [2.45, 2.75) is 19.3 Å². The van der Waals surface area contributed by atoms with Crippen molar-refractivity contribution in [1.29, 1.82) is 0 Å². The van der Waals surface area contributed by atoms with Gasteiger partial charge in [-0.25, -0.2) is 4.98 Å². The largest absolute Gasteiger partial charge is 0.336 e. The zero-order valence-corrected chi connectivity index (χ0v) is 17.6. The summed E-state index contributed by atoms with van der Waals surface area (Å²) in [4.78, 5) is 21.9. The van der Waals surface area contributed by atoms with Crippen molar-refractivity contribution in [3.8, 4) is 10.6 Å². The number of hydrogen-bond acceptors (Lipinski definition) is 5. The predicted octanol–water partition coefficient (Wildman–Crippen LogP) is 3.32. The van der Waals surface area contributed by atoms with Gasteiger partial charge in [0.1, 0.15) is 10.7 Å². The van der Waals surface area contributed by atoms with Crippen molar-refractivity contribution in [3.63, 3.8) is 0 Å². The molecule has 6 nitrogen and oxygen atoms in total. The number of rotatable bonds is 6. The van der Waals surface area contributed by atoms with E-state index in [0.717, 1.165) is 62.6 Å². The highest BCUT2D eigenvalue weighted by Crippen LogP contribution is 2.24. The number of amides is 1. The number of nitrogens with zero attached hydrogens (tertiary/aromatic N) is 5. The summed E-state index contributed by atoms with van der Waals surface area (Å²) >= 11 is 1.50. The van der Waals surface area contributed by atoms with E-state index in [1.165, 1.54) is 16.9 Å². The number of carbonyl (C=O) groups is 1. The van der Waals surface area contributed by atoms with Gasteiger partial charge in [-0.1, -0.05) is 30.3 Å². The fourth-order valence-corrected chi connectivity index (χ4v) is 4.52. The second-order valence-electron chi connectivity index (χ2n) is 7.52. The third-order valence-corrected chi connectivity index (χ3v) is 6.22. The predicted molar refractivity (Wildman–Crippen MR) is 116 cm³/mol. The van der Waals surface area contributed by atoms with Crippen LogP contribution in [0.4, 0.5) is 0 Å². The highest BCUT2D eigenvalue weighted by molar-refractivity contribution is 7.13. The van der Waals surface area contributed by atoms with Gasteiger partial charge < -0.3 is 9.80 Å². The summed E-state index contributed by atoms with van der Waals surface area (Å²) in [6.07, 6.45) is 6.98. The summed E-state index contributed by atoms with van der Waals surface area (Å²) in [5.41, 5.74) is 2.90. The summed E-state index contributed by atoms with van der Waals surface area (Å²) in [6.45, 7) is 4.63. The molecule has 1 fully saturated rings. The third kappa shape index (κ3) is 5.10. The number of aryl methyl sites for hydroxylation is 2. The molecule has 0 unspecified atom stereocenters. The monoisotopic (exact) mass is 409 g/mol. The van der Waals surface area contributed by atoms with E-state index in [9.17, 15) is 4.79 Å². The highest BCUT2D eigenvalue weighted by Gasteiger charge is 2.22. The van der Waals surface area contributed by atoms with E-state index in [4.69, 9.17) is 0 Å². The van der Waals surface area contributed by atoms with Crippen LogP contribution in [0.5, 0.6) is 0 Å². The molecule has 3 aromatic rings. The van der Waals surface area contributed by atoms with Gasteiger partial charge in [0.25, 0.3) is 5.91 Å². The fraction of sp³-hybridized carbons (Fsp3) is 0.409. The molecule has 3 heterocycles. The van der Waals surface area contributed by atoms with Gasteiger partial charge in [0.05, 0.1) is 6.20 Å². The Labute approximate surface area is 175 Å². The zero-order valence-electron chi connectivity index (χ0n) is 16.8. The topological polar surface area (TPSA) is 54.3 Å². The molecule has 1 amide bonds. The van der Waals surface area contributed by atoms with E-state index >= 15 is 0 Å². The maximum Gasteiger partial charge on any atom is 0.273 e. The molecule has 1 aromatic carbocycles. The van der Waals surface area contributed by atoms with E-state index < -0.39 is 0 Å². The quantitative estimate of drug-likeness (QED) is 0.627. The standard InChI is InChI=1S/C22H27N5OS/c1-25-16-19(15-23-25)21-24-20(17-29-21)22(28)27-12-6-11-26(13-14-27)10-5-9-18-7-3-2-4-8-18/h2-4,7-8,15-17H,5-6,9-14H2,1H3. The van der Waals surface area contributed by atoms with Crippen LogP contribution in [0.15, 0.2) is 48.1 Å². The molecule has 1 saturated heterocycles. The van der Waals surface area contributed by atoms with Gasteiger partial charge in [-0.3, -0.25) is 9.48 Å². The molecule has 7 heteroatoms. The Balaban J connectivity index is 1.29. The van der Waals surface area contributed by atoms with Gasteiger partial charge in [0, 0.05) is 43.8 Å². The average molecular weight is 410 g/mol. The van der Waals surface area contributed by atoms with Crippen LogP contribution < -0.4 is 0 Å². The highest BCUT2D eigenvalue weighted by atomic mass is 32.1. The lowest BCUT2D eigenvalue weighted by atomic mass is 10.1. The van der Waals surface area contributed by atoms with E-state index in [0.29, 0.717) is 5.69 Å². The second-order valence-corrected chi connectivity index (χ2v) is 8.38. The maximum atomic E-state index is 12.9. The first-order valence-corrected chi connectivity index (χ1v) is 11.1. The Hall–Kier alpha value is -2.51. The first kappa shape index (κ1) is 19.8. The molecule has 2 aromatic heterocycles. The lowest BCUT2D eigenvalue weighted by Gasteiger charge is -2.21. The van der Waals surface area contributed by atoms with Crippen molar-refractivity contribution < 1.29 is 4.79 Å². The van der Waals surface area contributed by atoms with Crippen molar-refractivity contribution >= 4 is 17.2 Å². The van der Waals surface area contributed by atoms with E-state index in [1.54, 1.807) is 10.9 Å². The summed E-state index contributed by atoms with van der Waals surface area (Å²) in [5, 5.41) is 6.90. The molecule has 0 atom stereocenters. The number of hydrogen-bond donors (Lipinski definition) is 0. The van der Waals surface area contributed by atoms with Gasteiger partial charge in [0.2, 0.25) is 0 Å². The van der Waals surface area contributed by atoms with E-state index in [1.807, 2.05) is 23.5 Å². The smallest absolute Gasteiger partial charge is 0.273 e. The average Bonchev–Trinajstić information content (AvgIpc) is 3.33. The molecule has 0 saturated carbocycles. The molecule has 0 spiro atoms. The first-order valence-electron chi connectivity index (χ1n) is 10.2. The lowest BCUT2D eigenvalue weighted by molar-refractivity contribution is 0.0756. The molecule has 1 aliphatic rings. The minimum atomic E-state index is 0.0440. The Morgan fingerprint density at radius 1 is 1.14 bits per heavy atom. The van der Waals surface area contributed by atoms with Crippen LogP contribution in [0.25, 0.3) is 10.6 Å². The van der Waals surface area contributed by atoms with Crippen LogP contribution in [0.3, 0.4) is 0 Å². The van der Waals surface area contributed by atoms with Gasteiger partial charge in [-0.15, -0.1) is 11.3 Å². The first-order chi connectivity index (χ1) is 14.2. The van der Waals surface area contributed by atoms with Crippen LogP contribution in [-0.4, -0.2) is 63.2 Å². The van der Waals surface area contributed by atoms with Crippen LogP contribution in [0, 0.1) is 0 Å². The van der Waals surface area contributed by atoms with Crippen LogP contribution in [-0.2, 0) is 13.5 Å². The Morgan fingerprint density at radius 2 is 2.00 bits per heavy atom. The van der Waals surface area contributed by atoms with Crippen LogP contribution >= 0.6 is 11.3 Å². The van der Waals surface area contributed by atoms with Gasteiger partial charge >= 0.3 is 0 Å². The number of thiazole rings is 1. The van der Waals surface area contributed by atoms with Crippen molar-refractivity contribution in [3.05, 3.63) is 59.4 Å². The van der Waals surface area contributed by atoms with Crippen molar-refractivity contribution in [2.24, 2.45) is 7.05 Å². The minimum absolute atomic E-state index is 0.0440. The Kier molecular flexibility index (Phi) is 6.36. The maximum absolute atomic E-state index is 12.9. The van der Waals surface area contributed by atoms with E-state index in [2.05, 4.69) is 45.3 Å². The van der Waals surface area contributed by atoms with Crippen LogP contribution in [0.2, 0.25) is 0 Å². The normalized spacial score (nSPS) is 15.4. The van der Waals surface area contributed by atoms with Gasteiger partial charge in [-0.2, -0.15) is 5.10 Å². The number of benzene rings is 1. The zero-order chi connectivity index (χ0) is 20.1. The molecule has 0 radical (unpaired) electrons. The molecular formula is C22H27N5OS. The minimum Gasteiger partial charge on any atom is -0.336 e. The number of carbonyl (C=O) groups excluding carboxylic acids is 1. The molecular weight excluding hydrogens is 382 g/mol. The second kappa shape index (κ2) is 9.33. The SMILES string of the molecule is Cn1cc(-c2nc(C(=O)N3CCCN(CCCc4ccccc4)CC3)cs2)cn1. The fourth-order valence-electron chi connectivity index (χ4n) is 3.75. The summed E-state index contributed by atoms with van der Waals surface area (Å²) in [6, 6.07) is 10.6. The Bertz CT molecular complexity index is 936. The summed E-state index contributed by atoms with van der Waals surface area (Å²) in [5.74, 6) is 0.0440. The molecule has 4 rings (SSSR count). The van der Waals surface area contributed by atoms with E-state index in [-0.39, 0.29) is 5.91 Å². The molecule has 0 aliphatic carbocycles.